The molecule has 2 rings (SSSR count). The van der Waals surface area contributed by atoms with Crippen molar-refractivity contribution in [1.29, 1.82) is 0 Å². The summed E-state index contributed by atoms with van der Waals surface area (Å²) in [4.78, 5) is 12.0. The van der Waals surface area contributed by atoms with E-state index in [4.69, 9.17) is 13.9 Å². The molecule has 1 atom stereocenters. The van der Waals surface area contributed by atoms with Crippen molar-refractivity contribution in [1.82, 2.24) is 5.32 Å². The molecule has 0 aliphatic rings. The van der Waals surface area contributed by atoms with Gasteiger partial charge in [-0.15, -0.1) is 0 Å². The van der Waals surface area contributed by atoms with E-state index < -0.39 is 11.6 Å². The fraction of sp³-hybridized carbons (Fsp3) is 0.312. The van der Waals surface area contributed by atoms with Crippen molar-refractivity contribution < 1.29 is 23.8 Å². The zero-order chi connectivity index (χ0) is 16.9. The van der Waals surface area contributed by atoms with Gasteiger partial charge in [-0.05, 0) is 31.2 Å². The number of methoxy groups -OCH3 is 2. The van der Waals surface area contributed by atoms with Crippen LogP contribution in [0.5, 0.6) is 11.5 Å². The Labute approximate surface area is 134 Å². The van der Waals surface area contributed by atoms with E-state index in [0.29, 0.717) is 22.9 Å². The number of urea groups is 1. The summed E-state index contributed by atoms with van der Waals surface area (Å²) in [7, 11) is 3.05. The minimum atomic E-state index is -1.30. The number of hydrogen-bond acceptors (Lipinski definition) is 5. The Morgan fingerprint density at radius 2 is 2.09 bits per heavy atom. The van der Waals surface area contributed by atoms with Gasteiger partial charge in [0.2, 0.25) is 0 Å². The van der Waals surface area contributed by atoms with Crippen LogP contribution in [-0.4, -0.2) is 31.9 Å². The first-order valence-corrected chi connectivity index (χ1v) is 6.99. The Bertz CT molecular complexity index is 652. The van der Waals surface area contributed by atoms with Gasteiger partial charge in [0.15, 0.2) is 0 Å². The van der Waals surface area contributed by atoms with Crippen LogP contribution in [0.2, 0.25) is 0 Å². The summed E-state index contributed by atoms with van der Waals surface area (Å²) in [6.45, 7) is 1.55. The largest absolute Gasteiger partial charge is 0.497 e. The molecule has 0 radical (unpaired) electrons. The minimum absolute atomic E-state index is 0.00911. The van der Waals surface area contributed by atoms with Crippen molar-refractivity contribution in [2.45, 2.75) is 12.5 Å². The summed E-state index contributed by atoms with van der Waals surface area (Å²) in [6.07, 6.45) is 1.46. The van der Waals surface area contributed by atoms with Crippen LogP contribution in [0.1, 0.15) is 12.7 Å². The second-order valence-corrected chi connectivity index (χ2v) is 5.13. The molecule has 3 N–H and O–H groups in total. The lowest BCUT2D eigenvalue weighted by Crippen LogP contribution is -2.40. The van der Waals surface area contributed by atoms with E-state index in [1.807, 2.05) is 0 Å². The van der Waals surface area contributed by atoms with Gasteiger partial charge in [0.05, 0.1) is 32.7 Å². The second-order valence-electron chi connectivity index (χ2n) is 5.13. The third-order valence-electron chi connectivity index (χ3n) is 3.30. The van der Waals surface area contributed by atoms with E-state index in [1.54, 1.807) is 44.4 Å². The Kier molecular flexibility index (Phi) is 5.13. The van der Waals surface area contributed by atoms with Crippen LogP contribution in [0.3, 0.4) is 0 Å². The lowest BCUT2D eigenvalue weighted by atomic mass is 10.0. The minimum Gasteiger partial charge on any atom is -0.497 e. The summed E-state index contributed by atoms with van der Waals surface area (Å²) in [5.41, 5.74) is -0.811. The highest BCUT2D eigenvalue weighted by atomic mass is 16.5. The fourth-order valence-corrected chi connectivity index (χ4v) is 1.99. The van der Waals surface area contributed by atoms with E-state index in [2.05, 4.69) is 10.6 Å². The zero-order valence-electron chi connectivity index (χ0n) is 13.3. The van der Waals surface area contributed by atoms with Gasteiger partial charge >= 0.3 is 6.03 Å². The molecule has 0 spiro atoms. The maximum absolute atomic E-state index is 12.0. The molecule has 124 valence electrons. The first-order valence-electron chi connectivity index (χ1n) is 6.99. The van der Waals surface area contributed by atoms with E-state index in [0.717, 1.165) is 0 Å². The number of carbonyl (C=O) groups excluding carboxylic acids is 1. The number of furan rings is 1. The van der Waals surface area contributed by atoms with Crippen LogP contribution in [0.4, 0.5) is 10.5 Å². The van der Waals surface area contributed by atoms with E-state index in [9.17, 15) is 9.90 Å². The molecule has 1 aromatic carbocycles. The van der Waals surface area contributed by atoms with Gasteiger partial charge in [-0.3, -0.25) is 0 Å². The third kappa shape index (κ3) is 4.17. The van der Waals surface area contributed by atoms with Gasteiger partial charge in [0.1, 0.15) is 22.9 Å². The lowest BCUT2D eigenvalue weighted by molar-refractivity contribution is 0.0372. The van der Waals surface area contributed by atoms with Crippen molar-refractivity contribution in [3.8, 4) is 11.5 Å². The smallest absolute Gasteiger partial charge is 0.319 e. The summed E-state index contributed by atoms with van der Waals surface area (Å²) < 4.78 is 15.5. The Balaban J connectivity index is 1.97. The molecule has 0 saturated heterocycles. The number of hydrogen-bond donors (Lipinski definition) is 3. The van der Waals surface area contributed by atoms with Crippen molar-refractivity contribution in [2.75, 3.05) is 26.1 Å². The van der Waals surface area contributed by atoms with Crippen molar-refractivity contribution >= 4 is 11.7 Å². The van der Waals surface area contributed by atoms with Crippen LogP contribution in [-0.2, 0) is 5.60 Å². The average molecular weight is 320 g/mol. The number of nitrogens with one attached hydrogen (secondary N) is 2. The number of anilines is 1. The molecule has 1 aromatic heterocycles. The van der Waals surface area contributed by atoms with Crippen LogP contribution < -0.4 is 20.1 Å². The first-order chi connectivity index (χ1) is 11.0. The highest BCUT2D eigenvalue weighted by Crippen LogP contribution is 2.29. The van der Waals surface area contributed by atoms with Gasteiger partial charge in [-0.1, -0.05) is 0 Å². The van der Waals surface area contributed by atoms with Crippen LogP contribution in [0.25, 0.3) is 0 Å². The molecule has 23 heavy (non-hydrogen) atoms. The summed E-state index contributed by atoms with van der Waals surface area (Å²) in [5.74, 6) is 1.46. The fourth-order valence-electron chi connectivity index (χ4n) is 1.99. The molecule has 2 aromatic rings. The van der Waals surface area contributed by atoms with Crippen LogP contribution >= 0.6 is 0 Å². The summed E-state index contributed by atoms with van der Waals surface area (Å²) >= 11 is 0. The highest BCUT2D eigenvalue weighted by Gasteiger charge is 2.26. The van der Waals surface area contributed by atoms with Gasteiger partial charge < -0.3 is 29.6 Å². The van der Waals surface area contributed by atoms with Crippen molar-refractivity contribution in [3.05, 3.63) is 42.4 Å². The molecule has 1 heterocycles. The zero-order valence-corrected chi connectivity index (χ0v) is 13.3. The lowest BCUT2D eigenvalue weighted by Gasteiger charge is -2.21. The molecule has 0 aliphatic carbocycles. The normalized spacial score (nSPS) is 13.0. The molecule has 0 aliphatic heterocycles. The predicted octanol–water partition coefficient (Wildman–Crippen LogP) is 2.33. The van der Waals surface area contributed by atoms with Crippen molar-refractivity contribution in [3.63, 3.8) is 0 Å². The molecule has 0 saturated carbocycles. The topological polar surface area (TPSA) is 93.0 Å². The van der Waals surface area contributed by atoms with E-state index in [-0.39, 0.29) is 6.54 Å². The quantitative estimate of drug-likeness (QED) is 0.759. The molecule has 7 heteroatoms. The number of amides is 2. The number of aliphatic hydroxyl groups is 1. The van der Waals surface area contributed by atoms with Gasteiger partial charge in [0.25, 0.3) is 0 Å². The summed E-state index contributed by atoms with van der Waals surface area (Å²) in [5, 5.41) is 15.5. The monoisotopic (exact) mass is 320 g/mol. The van der Waals surface area contributed by atoms with Crippen LogP contribution in [0.15, 0.2) is 41.0 Å². The Hall–Kier alpha value is -2.67. The van der Waals surface area contributed by atoms with Gasteiger partial charge in [0, 0.05) is 6.07 Å². The van der Waals surface area contributed by atoms with Gasteiger partial charge in [-0.25, -0.2) is 4.79 Å². The van der Waals surface area contributed by atoms with E-state index >= 15 is 0 Å². The predicted molar refractivity (Wildman–Crippen MR) is 84.8 cm³/mol. The Morgan fingerprint density at radius 1 is 1.30 bits per heavy atom. The number of ether oxygens (including phenoxy) is 2. The molecule has 0 fully saturated rings. The third-order valence-corrected chi connectivity index (χ3v) is 3.30. The SMILES string of the molecule is COc1ccc(NC(=O)NCC(C)(O)c2ccco2)c(OC)c1. The molecule has 2 amide bonds. The van der Waals surface area contributed by atoms with Crippen molar-refractivity contribution in [2.24, 2.45) is 0 Å². The molecule has 0 bridgehead atoms. The number of benzene rings is 1. The second kappa shape index (κ2) is 7.06. The standard InChI is InChI=1S/C16H20N2O5/c1-16(20,14-5-4-8-23-14)10-17-15(19)18-12-7-6-11(21-2)9-13(12)22-3/h4-9,20H,10H2,1-3H3,(H2,17,18,19). The highest BCUT2D eigenvalue weighted by molar-refractivity contribution is 5.91. The molecular formula is C16H20N2O5. The molecular weight excluding hydrogens is 300 g/mol. The number of carbonyl (C=O) groups is 1. The maximum Gasteiger partial charge on any atom is 0.319 e. The average Bonchev–Trinajstić information content (AvgIpc) is 3.09. The summed E-state index contributed by atoms with van der Waals surface area (Å²) in [6, 6.07) is 7.88. The van der Waals surface area contributed by atoms with E-state index in [1.165, 1.54) is 13.4 Å². The number of rotatable bonds is 6. The van der Waals surface area contributed by atoms with Crippen LogP contribution in [0, 0.1) is 0 Å². The first kappa shape index (κ1) is 16.7. The Morgan fingerprint density at radius 3 is 2.70 bits per heavy atom. The maximum atomic E-state index is 12.0. The molecule has 7 nitrogen and oxygen atoms in total. The molecule has 1 unspecified atom stereocenters. The van der Waals surface area contributed by atoms with Gasteiger partial charge in [-0.2, -0.15) is 0 Å².